The number of allylic oxidation sites excluding steroid dienone is 1. The standard InChI is InChI=1S/C44H58N4O15/c1-12-30(51)60-33-31-22(4)27(59-38(55)32(52)26(16-21(2)3)46-39(56)63-40(6,7)8)19-44(57,41(31,9)10)36(61-37(54)24-14-13-15-25(17-24)47-48-45)34-42(11,35(33)53)28(50)18-29-43(34,20-58-29)62-23(5)49/h13-17,26-29,32-34,36,50,52,57H,12,18-20H2,1-11H3,(H,46,56)/t26-,27-,28-,29+,32+,33+,34-,36-,42+,43-,44+/m0/s1. The molecule has 2 bridgehead atoms. The molecule has 1 saturated heterocycles. The van der Waals surface area contributed by atoms with Crippen LogP contribution in [0.25, 0.3) is 10.4 Å². The molecule has 4 N–H and O–H groups in total. The third-order valence-corrected chi connectivity index (χ3v) is 12.7. The van der Waals surface area contributed by atoms with Crippen molar-refractivity contribution in [2.75, 3.05) is 6.61 Å². The summed E-state index contributed by atoms with van der Waals surface area (Å²) in [6, 6.07) is 4.06. The van der Waals surface area contributed by atoms with Crippen molar-refractivity contribution in [3.63, 3.8) is 0 Å². The van der Waals surface area contributed by atoms with Crippen molar-refractivity contribution < 1.29 is 72.5 Å². The normalized spacial score (nSPS) is 31.6. The Morgan fingerprint density at radius 3 is 2.32 bits per heavy atom. The number of rotatable bonds is 11. The Kier molecular flexibility index (Phi) is 13.7. The molecule has 11 atom stereocenters. The molecule has 2 saturated carbocycles. The topological polar surface area (TPSA) is 279 Å². The number of azide groups is 1. The van der Waals surface area contributed by atoms with Crippen LogP contribution in [0.3, 0.4) is 0 Å². The summed E-state index contributed by atoms with van der Waals surface area (Å²) in [6.07, 6.45) is -10.7. The molecule has 1 heterocycles. The number of fused-ring (bicyclic) bond motifs is 5. The van der Waals surface area contributed by atoms with E-state index in [0.717, 1.165) is 6.92 Å². The minimum Gasteiger partial charge on any atom is -0.456 e. The molecule has 63 heavy (non-hydrogen) atoms. The lowest BCUT2D eigenvalue weighted by molar-refractivity contribution is -0.346. The predicted molar refractivity (Wildman–Crippen MR) is 221 cm³/mol. The number of aliphatic hydroxyl groups is 3. The first kappa shape index (κ1) is 48.7. The maximum absolute atomic E-state index is 15.6. The molecule has 1 aromatic carbocycles. The van der Waals surface area contributed by atoms with Gasteiger partial charge in [-0.05, 0) is 77.3 Å². The van der Waals surface area contributed by atoms with Crippen LogP contribution >= 0.6 is 0 Å². The number of hydrogen-bond donors (Lipinski definition) is 4. The molecule has 3 fully saturated rings. The Morgan fingerprint density at radius 1 is 1.10 bits per heavy atom. The van der Waals surface area contributed by atoms with Gasteiger partial charge in [-0.1, -0.05) is 49.7 Å². The van der Waals surface area contributed by atoms with E-state index in [-0.39, 0.29) is 41.8 Å². The fraction of sp³-hybridized carbons (Fsp3) is 0.636. The van der Waals surface area contributed by atoms with Crippen LogP contribution in [0, 0.1) is 16.7 Å². The molecule has 19 nitrogen and oxygen atoms in total. The van der Waals surface area contributed by atoms with E-state index in [1.807, 2.05) is 0 Å². The molecule has 0 aromatic heterocycles. The highest BCUT2D eigenvalue weighted by molar-refractivity contribution is 5.96. The Morgan fingerprint density at radius 2 is 1.76 bits per heavy atom. The van der Waals surface area contributed by atoms with Crippen molar-refractivity contribution in [2.45, 2.75) is 155 Å². The van der Waals surface area contributed by atoms with Gasteiger partial charge in [-0.15, -0.1) is 0 Å². The van der Waals surface area contributed by atoms with E-state index >= 15 is 4.79 Å². The van der Waals surface area contributed by atoms with E-state index in [2.05, 4.69) is 15.3 Å². The fourth-order valence-corrected chi connectivity index (χ4v) is 9.61. The number of ketones is 1. The predicted octanol–water partition coefficient (Wildman–Crippen LogP) is 4.76. The zero-order chi connectivity index (χ0) is 47.2. The zero-order valence-electron chi connectivity index (χ0n) is 37.4. The number of benzene rings is 1. The number of amides is 1. The summed E-state index contributed by atoms with van der Waals surface area (Å²) in [5.41, 5.74) is 0.570. The van der Waals surface area contributed by atoms with Crippen LogP contribution in [-0.2, 0) is 47.6 Å². The van der Waals surface area contributed by atoms with Crippen molar-refractivity contribution in [2.24, 2.45) is 21.9 Å². The van der Waals surface area contributed by atoms with Gasteiger partial charge in [-0.2, -0.15) is 0 Å². The highest BCUT2D eigenvalue weighted by atomic mass is 16.6. The summed E-state index contributed by atoms with van der Waals surface area (Å²) >= 11 is 0. The molecular weight excluding hydrogens is 824 g/mol. The number of carbonyl (C=O) groups excluding carboxylic acids is 6. The van der Waals surface area contributed by atoms with E-state index < -0.39 is 118 Å². The molecular formula is C44H58N4O15. The number of nitrogens with zero attached hydrogens (tertiary/aromatic N) is 3. The summed E-state index contributed by atoms with van der Waals surface area (Å²) in [5, 5.41) is 43.3. The van der Waals surface area contributed by atoms with E-state index in [1.165, 1.54) is 65.0 Å². The molecule has 1 aliphatic heterocycles. The molecule has 4 aliphatic rings. The summed E-state index contributed by atoms with van der Waals surface area (Å²) < 4.78 is 35.6. The molecule has 5 rings (SSSR count). The summed E-state index contributed by atoms with van der Waals surface area (Å²) in [5.74, 6) is -6.57. The first-order valence-corrected chi connectivity index (χ1v) is 20.7. The Bertz CT molecular complexity index is 2150. The molecule has 19 heteroatoms. The minimum atomic E-state index is -2.47. The number of Topliss-reactive ketones (excluding diaryl/α,β-unsaturated/α-hetero) is 1. The van der Waals surface area contributed by atoms with Gasteiger partial charge in [0.1, 0.15) is 29.5 Å². The van der Waals surface area contributed by atoms with Gasteiger partial charge in [-0.25, -0.2) is 14.4 Å². The van der Waals surface area contributed by atoms with Gasteiger partial charge in [0, 0.05) is 42.2 Å². The van der Waals surface area contributed by atoms with Crippen LogP contribution in [0.5, 0.6) is 0 Å². The van der Waals surface area contributed by atoms with Crippen molar-refractivity contribution >= 4 is 41.4 Å². The average molecular weight is 883 g/mol. The first-order valence-electron chi connectivity index (χ1n) is 20.7. The number of esters is 4. The van der Waals surface area contributed by atoms with E-state index in [1.54, 1.807) is 34.6 Å². The second kappa shape index (κ2) is 17.7. The molecule has 344 valence electrons. The Hall–Kier alpha value is -5.33. The lowest BCUT2D eigenvalue weighted by Gasteiger charge is -2.67. The van der Waals surface area contributed by atoms with Crippen molar-refractivity contribution in [3.8, 4) is 0 Å². The van der Waals surface area contributed by atoms with Crippen LogP contribution < -0.4 is 5.32 Å². The van der Waals surface area contributed by atoms with Crippen LogP contribution in [0.4, 0.5) is 10.5 Å². The van der Waals surface area contributed by atoms with Crippen molar-refractivity contribution in [1.82, 2.24) is 5.32 Å². The lowest BCUT2D eigenvalue weighted by Crippen LogP contribution is -2.82. The zero-order valence-corrected chi connectivity index (χ0v) is 37.4. The second-order valence-corrected chi connectivity index (χ2v) is 18.6. The third-order valence-electron chi connectivity index (χ3n) is 12.7. The van der Waals surface area contributed by atoms with Crippen LogP contribution in [0.2, 0.25) is 0 Å². The van der Waals surface area contributed by atoms with E-state index in [4.69, 9.17) is 34.0 Å². The van der Waals surface area contributed by atoms with Crippen molar-refractivity contribution in [1.29, 1.82) is 0 Å². The summed E-state index contributed by atoms with van der Waals surface area (Å²) in [4.78, 5) is 86.1. The third kappa shape index (κ3) is 8.94. The monoisotopic (exact) mass is 882 g/mol. The Labute approximate surface area is 365 Å². The van der Waals surface area contributed by atoms with Crippen LogP contribution in [0.1, 0.15) is 106 Å². The van der Waals surface area contributed by atoms with Gasteiger partial charge in [0.25, 0.3) is 0 Å². The van der Waals surface area contributed by atoms with Gasteiger partial charge >= 0.3 is 30.0 Å². The second-order valence-electron chi connectivity index (χ2n) is 18.6. The number of ether oxygens (including phenoxy) is 6. The fourth-order valence-electron chi connectivity index (χ4n) is 9.61. The highest BCUT2D eigenvalue weighted by Gasteiger charge is 2.78. The summed E-state index contributed by atoms with van der Waals surface area (Å²) in [7, 11) is 0. The van der Waals surface area contributed by atoms with Crippen LogP contribution in [0.15, 0.2) is 52.2 Å². The van der Waals surface area contributed by atoms with Gasteiger partial charge in [0.15, 0.2) is 23.6 Å². The molecule has 1 aromatic rings. The maximum Gasteiger partial charge on any atom is 0.408 e. The Balaban J connectivity index is 1.76. The van der Waals surface area contributed by atoms with Crippen LogP contribution in [-0.4, -0.2) is 117 Å². The smallest absolute Gasteiger partial charge is 0.408 e. The first-order chi connectivity index (χ1) is 29.2. The maximum atomic E-state index is 15.6. The van der Waals surface area contributed by atoms with Gasteiger partial charge in [0.05, 0.1) is 35.6 Å². The SMILES string of the molecule is CCC(=O)O[C@H]1C(=O)[C@@]2(C)[C@H]([C@H](OC(=O)c3cccc(N=[N+]=[N-])c3)[C@]3(O)C[C@H](OC(=O)[C@H](O)[C@H](C=C(C)C)NC(=O)OC(C)(C)C)C(C)=C1C3(C)C)[C@]1(OC(C)=O)CO[C@@H]1C[C@@H]2O. The van der Waals surface area contributed by atoms with Gasteiger partial charge in [-0.3, -0.25) is 14.4 Å². The number of nitrogens with one attached hydrogen (secondary N) is 1. The number of hydrogen-bond acceptors (Lipinski definition) is 16. The van der Waals surface area contributed by atoms with Gasteiger partial charge < -0.3 is 49.1 Å². The number of carbonyl (C=O) groups is 6. The van der Waals surface area contributed by atoms with E-state index in [0.29, 0.717) is 5.57 Å². The molecule has 1 amide bonds. The largest absolute Gasteiger partial charge is 0.456 e. The molecule has 0 spiro atoms. The number of aliphatic hydroxyl groups excluding tert-OH is 2. The minimum absolute atomic E-state index is 0.0396. The average Bonchev–Trinajstić information content (AvgIpc) is 3.17. The van der Waals surface area contributed by atoms with Gasteiger partial charge in [0.2, 0.25) is 0 Å². The molecule has 3 aliphatic carbocycles. The van der Waals surface area contributed by atoms with E-state index in [9.17, 15) is 39.3 Å². The molecule has 0 unspecified atom stereocenters. The highest BCUT2D eigenvalue weighted by Crippen LogP contribution is 2.64. The molecule has 0 radical (unpaired) electrons. The quantitative estimate of drug-likeness (QED) is 0.0583. The lowest BCUT2D eigenvalue weighted by atomic mass is 9.44. The number of alkyl carbamates (subject to hydrolysis) is 1. The summed E-state index contributed by atoms with van der Waals surface area (Å²) in [6.45, 7) is 16.4. The van der Waals surface area contributed by atoms with Crippen molar-refractivity contribution in [3.05, 3.63) is 63.1 Å².